The van der Waals surface area contributed by atoms with Crippen molar-refractivity contribution >= 4 is 0 Å². The third-order valence-corrected chi connectivity index (χ3v) is 5.11. The third kappa shape index (κ3) is 2.86. The highest BCUT2D eigenvalue weighted by Crippen LogP contribution is 2.55. The van der Waals surface area contributed by atoms with E-state index in [0.717, 1.165) is 31.4 Å². The number of nitrogens with zero attached hydrogens (tertiary/aromatic N) is 1. The Morgan fingerprint density at radius 1 is 1.38 bits per heavy atom. The fourth-order valence-electron chi connectivity index (χ4n) is 4.19. The van der Waals surface area contributed by atoms with Crippen molar-refractivity contribution in [3.05, 3.63) is 30.1 Å². The third-order valence-electron chi connectivity index (χ3n) is 5.11. The molecule has 2 bridgehead atoms. The van der Waals surface area contributed by atoms with Gasteiger partial charge in [-0.15, -0.1) is 0 Å². The van der Waals surface area contributed by atoms with Gasteiger partial charge in [-0.2, -0.15) is 0 Å². The van der Waals surface area contributed by atoms with Crippen LogP contribution in [0, 0.1) is 5.92 Å². The molecule has 2 aliphatic rings. The molecule has 0 amide bonds. The monoisotopic (exact) mass is 289 g/mol. The van der Waals surface area contributed by atoms with Crippen LogP contribution in [0.1, 0.15) is 58.6 Å². The quantitative estimate of drug-likeness (QED) is 0.789. The van der Waals surface area contributed by atoms with Gasteiger partial charge in [0.2, 0.25) is 0 Å². The van der Waals surface area contributed by atoms with Crippen LogP contribution in [0.15, 0.2) is 24.4 Å². The molecule has 0 N–H and O–H groups in total. The topological polar surface area (TPSA) is 31.4 Å². The molecule has 0 aliphatic carbocycles. The van der Waals surface area contributed by atoms with Gasteiger partial charge in [-0.1, -0.05) is 26.8 Å². The average molecular weight is 289 g/mol. The Morgan fingerprint density at radius 2 is 2.24 bits per heavy atom. The second-order valence-corrected chi connectivity index (χ2v) is 7.13. The first-order chi connectivity index (χ1) is 10.1. The van der Waals surface area contributed by atoms with Crippen molar-refractivity contribution < 1.29 is 9.47 Å². The van der Waals surface area contributed by atoms with Crippen molar-refractivity contribution in [3.8, 4) is 0 Å². The van der Waals surface area contributed by atoms with Crippen molar-refractivity contribution in [1.82, 2.24) is 4.98 Å². The van der Waals surface area contributed by atoms with Crippen molar-refractivity contribution in [2.75, 3.05) is 0 Å². The maximum atomic E-state index is 6.56. The molecule has 2 saturated heterocycles. The van der Waals surface area contributed by atoms with Crippen LogP contribution in [0.5, 0.6) is 0 Å². The van der Waals surface area contributed by atoms with Gasteiger partial charge in [0.1, 0.15) is 0 Å². The van der Waals surface area contributed by atoms with Gasteiger partial charge < -0.3 is 9.47 Å². The molecule has 116 valence electrons. The lowest BCUT2D eigenvalue weighted by molar-refractivity contribution is -0.103. The van der Waals surface area contributed by atoms with Crippen LogP contribution in [-0.4, -0.2) is 22.3 Å². The van der Waals surface area contributed by atoms with Gasteiger partial charge in [0.25, 0.3) is 0 Å². The van der Waals surface area contributed by atoms with E-state index >= 15 is 0 Å². The molecule has 0 unspecified atom stereocenters. The minimum Gasteiger partial charge on any atom is -0.369 e. The van der Waals surface area contributed by atoms with Crippen molar-refractivity contribution in [3.63, 3.8) is 0 Å². The van der Waals surface area contributed by atoms with Crippen molar-refractivity contribution in [1.29, 1.82) is 0 Å². The van der Waals surface area contributed by atoms with Gasteiger partial charge in [-0.05, 0) is 43.7 Å². The molecule has 3 atom stereocenters. The number of rotatable bonds is 6. The summed E-state index contributed by atoms with van der Waals surface area (Å²) >= 11 is 0. The Morgan fingerprint density at radius 3 is 2.90 bits per heavy atom. The minimum atomic E-state index is -0.0519. The molecular weight excluding hydrogens is 262 g/mol. The molecule has 21 heavy (non-hydrogen) atoms. The summed E-state index contributed by atoms with van der Waals surface area (Å²) in [6.07, 6.45) is 7.62. The number of hydrogen-bond acceptors (Lipinski definition) is 3. The highest BCUT2D eigenvalue weighted by molar-refractivity contribution is 5.11. The van der Waals surface area contributed by atoms with Crippen LogP contribution in [0.25, 0.3) is 0 Å². The first-order valence-corrected chi connectivity index (χ1v) is 8.29. The molecule has 1 aromatic rings. The Hall–Kier alpha value is -0.930. The van der Waals surface area contributed by atoms with Crippen molar-refractivity contribution in [2.45, 2.75) is 76.8 Å². The summed E-state index contributed by atoms with van der Waals surface area (Å²) in [5.41, 5.74) is 1.02. The van der Waals surface area contributed by atoms with E-state index in [1.807, 2.05) is 24.4 Å². The van der Waals surface area contributed by atoms with E-state index in [1.165, 1.54) is 6.42 Å². The Bertz CT molecular complexity index is 475. The molecule has 1 aromatic heterocycles. The first kappa shape index (κ1) is 15.0. The zero-order chi connectivity index (χ0) is 14.9. The smallest absolute Gasteiger partial charge is 0.0950 e. The summed E-state index contributed by atoms with van der Waals surface area (Å²) in [5, 5.41) is 0. The molecule has 0 radical (unpaired) electrons. The van der Waals surface area contributed by atoms with Crippen LogP contribution in [-0.2, 0) is 16.1 Å². The summed E-state index contributed by atoms with van der Waals surface area (Å²) in [6.45, 7) is 7.39. The first-order valence-electron chi connectivity index (χ1n) is 8.29. The highest BCUT2D eigenvalue weighted by Gasteiger charge is 2.60. The second-order valence-electron chi connectivity index (χ2n) is 7.13. The summed E-state index contributed by atoms with van der Waals surface area (Å²) in [5.74, 6) is 0.673. The zero-order valence-corrected chi connectivity index (χ0v) is 13.5. The van der Waals surface area contributed by atoms with E-state index in [1.54, 1.807) is 0 Å². The summed E-state index contributed by atoms with van der Waals surface area (Å²) < 4.78 is 12.8. The van der Waals surface area contributed by atoms with Gasteiger partial charge in [-0.25, -0.2) is 0 Å². The van der Waals surface area contributed by atoms with E-state index in [4.69, 9.17) is 9.47 Å². The lowest BCUT2D eigenvalue weighted by atomic mass is 9.76. The average Bonchev–Trinajstić information content (AvgIpc) is 2.98. The Balaban J connectivity index is 1.68. The largest absolute Gasteiger partial charge is 0.369 e. The van der Waals surface area contributed by atoms with E-state index in [2.05, 4.69) is 25.8 Å². The summed E-state index contributed by atoms with van der Waals surface area (Å²) in [6, 6.07) is 5.98. The zero-order valence-electron chi connectivity index (χ0n) is 13.5. The number of pyridine rings is 1. The van der Waals surface area contributed by atoms with E-state index < -0.39 is 0 Å². The van der Waals surface area contributed by atoms with Crippen LogP contribution >= 0.6 is 0 Å². The molecule has 2 fully saturated rings. The standard InChI is InChI=1S/C18H27NO2/c1-4-18-9-8-17(21-18,11-14(2)3)12-16(18)20-13-15-7-5-6-10-19-15/h5-7,10,14,16H,4,8-9,11-13H2,1-3H3/t16-,17-,18-/m1/s1. The van der Waals surface area contributed by atoms with Gasteiger partial charge in [0.05, 0.1) is 29.6 Å². The van der Waals surface area contributed by atoms with Gasteiger partial charge in [0, 0.05) is 12.6 Å². The molecule has 0 aromatic carbocycles. The Labute approximate surface area is 128 Å². The number of hydrogen-bond donors (Lipinski definition) is 0. The molecule has 2 aliphatic heterocycles. The van der Waals surface area contributed by atoms with E-state index in [-0.39, 0.29) is 17.3 Å². The number of ether oxygens (including phenoxy) is 2. The van der Waals surface area contributed by atoms with Crippen LogP contribution in [0.2, 0.25) is 0 Å². The minimum absolute atomic E-state index is 0.0519. The molecule has 0 spiro atoms. The van der Waals surface area contributed by atoms with E-state index in [0.29, 0.717) is 12.5 Å². The maximum Gasteiger partial charge on any atom is 0.0950 e. The van der Waals surface area contributed by atoms with Crippen LogP contribution in [0.3, 0.4) is 0 Å². The van der Waals surface area contributed by atoms with Gasteiger partial charge in [0.15, 0.2) is 0 Å². The molecule has 3 heteroatoms. The number of fused-ring (bicyclic) bond motifs is 2. The number of aromatic nitrogens is 1. The predicted octanol–water partition coefficient (Wildman–Crippen LogP) is 4.11. The normalized spacial score (nSPS) is 34.8. The van der Waals surface area contributed by atoms with Gasteiger partial charge >= 0.3 is 0 Å². The molecular formula is C18H27NO2. The fourth-order valence-corrected chi connectivity index (χ4v) is 4.19. The lowest BCUT2D eigenvalue weighted by Gasteiger charge is -2.32. The highest BCUT2D eigenvalue weighted by atomic mass is 16.6. The van der Waals surface area contributed by atoms with Gasteiger partial charge in [-0.3, -0.25) is 4.98 Å². The SMILES string of the molecule is CC[C@@]12CC[C@@](CC(C)C)(C[C@H]1OCc1ccccn1)O2. The molecule has 3 heterocycles. The molecule has 0 saturated carbocycles. The lowest BCUT2D eigenvalue weighted by Crippen LogP contribution is -2.40. The molecule has 3 rings (SSSR count). The van der Waals surface area contributed by atoms with Crippen molar-refractivity contribution in [2.24, 2.45) is 5.92 Å². The van der Waals surface area contributed by atoms with Crippen LogP contribution in [0.4, 0.5) is 0 Å². The predicted molar refractivity (Wildman–Crippen MR) is 83.0 cm³/mol. The second kappa shape index (κ2) is 5.69. The summed E-state index contributed by atoms with van der Waals surface area (Å²) in [4.78, 5) is 4.35. The van der Waals surface area contributed by atoms with E-state index in [9.17, 15) is 0 Å². The Kier molecular flexibility index (Phi) is 4.06. The van der Waals surface area contributed by atoms with Crippen LogP contribution < -0.4 is 0 Å². The maximum absolute atomic E-state index is 6.56. The fraction of sp³-hybridized carbons (Fsp3) is 0.722. The summed E-state index contributed by atoms with van der Waals surface area (Å²) in [7, 11) is 0. The molecule has 3 nitrogen and oxygen atoms in total.